The number of amides is 1. The van der Waals surface area contributed by atoms with Gasteiger partial charge in [-0.15, -0.1) is 0 Å². The lowest BCUT2D eigenvalue weighted by Gasteiger charge is -2.08. The summed E-state index contributed by atoms with van der Waals surface area (Å²) in [5.41, 5.74) is 0. The predicted molar refractivity (Wildman–Crippen MR) is 82.4 cm³/mol. The van der Waals surface area contributed by atoms with E-state index in [2.05, 4.69) is 0 Å². The Kier molecular flexibility index (Phi) is 19.9. The third kappa shape index (κ3) is 32.4. The smallest absolute Gasteiger partial charge is 0.300 e. The number of ether oxygens (including phenoxy) is 2. The highest BCUT2D eigenvalue weighted by atomic mass is 16.5. The first-order valence-electron chi connectivity index (χ1n) is 7.47. The van der Waals surface area contributed by atoms with E-state index in [-0.39, 0.29) is 0 Å². The molecule has 126 valence electrons. The van der Waals surface area contributed by atoms with Crippen LogP contribution in [0, 0.1) is 0 Å². The van der Waals surface area contributed by atoms with Gasteiger partial charge in [-0.1, -0.05) is 0 Å². The average molecular weight is 305 g/mol. The van der Waals surface area contributed by atoms with Crippen LogP contribution in [0.15, 0.2) is 0 Å². The van der Waals surface area contributed by atoms with Crippen LogP contribution < -0.4 is 0 Å². The van der Waals surface area contributed by atoms with Crippen molar-refractivity contribution in [3.63, 3.8) is 0 Å². The van der Waals surface area contributed by atoms with E-state index >= 15 is 0 Å². The van der Waals surface area contributed by atoms with Gasteiger partial charge in [0, 0.05) is 47.4 Å². The van der Waals surface area contributed by atoms with Crippen LogP contribution in [0.1, 0.15) is 45.4 Å². The number of hydrogen-bond donors (Lipinski definition) is 1. The Morgan fingerprint density at radius 3 is 1.19 bits per heavy atom. The molecule has 0 radical (unpaired) electrons. The van der Waals surface area contributed by atoms with Crippen molar-refractivity contribution in [3.05, 3.63) is 0 Å². The molecule has 1 N–H and O–H groups in total. The number of carboxylic acids is 1. The van der Waals surface area contributed by atoms with Crippen molar-refractivity contribution in [2.75, 3.05) is 40.5 Å². The zero-order chi connectivity index (χ0) is 16.3. The van der Waals surface area contributed by atoms with E-state index < -0.39 is 5.97 Å². The molecule has 0 saturated carbocycles. The van der Waals surface area contributed by atoms with Gasteiger partial charge < -0.3 is 19.5 Å². The number of aliphatic carboxylic acids is 1. The molecule has 0 aromatic rings. The van der Waals surface area contributed by atoms with Crippen LogP contribution in [0.5, 0.6) is 0 Å². The Labute approximate surface area is 128 Å². The fourth-order valence-electron chi connectivity index (χ4n) is 1.37. The number of carbonyl (C=O) groups excluding carboxylic acids is 1. The minimum atomic E-state index is -0.833. The maximum absolute atomic E-state index is 9.43. The zero-order valence-electron chi connectivity index (χ0n) is 13.7. The average Bonchev–Trinajstić information content (AvgIpc) is 2.51. The first-order valence-corrected chi connectivity index (χ1v) is 7.47. The molecule has 6 heteroatoms. The van der Waals surface area contributed by atoms with E-state index in [9.17, 15) is 4.79 Å². The molecule has 0 atom stereocenters. The second-order valence-electron chi connectivity index (χ2n) is 4.93. The first kappa shape index (κ1) is 22.1. The van der Waals surface area contributed by atoms with Gasteiger partial charge in [-0.2, -0.15) is 0 Å². The largest absolute Gasteiger partial charge is 0.481 e. The normalized spacial score (nSPS) is 16.5. The van der Waals surface area contributed by atoms with Crippen molar-refractivity contribution >= 4 is 12.4 Å². The highest BCUT2D eigenvalue weighted by Crippen LogP contribution is 2.02. The number of hydrogen-bond acceptors (Lipinski definition) is 4. The minimum absolute atomic E-state index is 0.750. The Bertz CT molecular complexity index is 187. The van der Waals surface area contributed by atoms with E-state index in [4.69, 9.17) is 19.4 Å². The lowest BCUT2D eigenvalue weighted by Crippen LogP contribution is -2.06. The van der Waals surface area contributed by atoms with Gasteiger partial charge in [-0.3, -0.25) is 9.59 Å². The molecule has 0 aliphatic carbocycles. The number of carboxylic acid groups (broad SMARTS) is 1. The summed E-state index contributed by atoms with van der Waals surface area (Å²) in [7, 11) is 3.38. The van der Waals surface area contributed by atoms with Crippen molar-refractivity contribution in [3.8, 4) is 0 Å². The van der Waals surface area contributed by atoms with Gasteiger partial charge in [0.2, 0.25) is 6.41 Å². The summed E-state index contributed by atoms with van der Waals surface area (Å²) in [6.45, 7) is 5.08. The second kappa shape index (κ2) is 18.9. The Hall–Kier alpha value is -1.14. The molecule has 0 bridgehead atoms. The fourth-order valence-corrected chi connectivity index (χ4v) is 1.37. The van der Waals surface area contributed by atoms with Crippen LogP contribution in [0.4, 0.5) is 0 Å². The van der Waals surface area contributed by atoms with Crippen molar-refractivity contribution < 1.29 is 24.2 Å². The molecule has 2 rings (SSSR count). The van der Waals surface area contributed by atoms with Gasteiger partial charge in [-0.25, -0.2) is 0 Å². The van der Waals surface area contributed by atoms with Crippen LogP contribution in [0.3, 0.4) is 0 Å². The van der Waals surface area contributed by atoms with Crippen molar-refractivity contribution in [2.45, 2.75) is 45.4 Å². The molecular formula is C15H31NO5. The van der Waals surface area contributed by atoms with Gasteiger partial charge in [0.15, 0.2) is 0 Å². The van der Waals surface area contributed by atoms with Gasteiger partial charge in [-0.05, 0) is 38.5 Å². The van der Waals surface area contributed by atoms with Gasteiger partial charge in [0.05, 0.1) is 0 Å². The third-order valence-electron chi connectivity index (χ3n) is 2.37. The quantitative estimate of drug-likeness (QED) is 0.751. The number of rotatable bonds is 1. The van der Waals surface area contributed by atoms with Crippen molar-refractivity contribution in [1.82, 2.24) is 4.90 Å². The molecular weight excluding hydrogens is 274 g/mol. The molecule has 2 aliphatic heterocycles. The van der Waals surface area contributed by atoms with Gasteiger partial charge >= 0.3 is 0 Å². The number of carbonyl (C=O) groups is 2. The van der Waals surface area contributed by atoms with E-state index in [1.54, 1.807) is 14.1 Å². The van der Waals surface area contributed by atoms with Crippen molar-refractivity contribution in [1.29, 1.82) is 0 Å². The van der Waals surface area contributed by atoms with Gasteiger partial charge in [0.1, 0.15) is 0 Å². The summed E-state index contributed by atoms with van der Waals surface area (Å²) in [4.78, 5) is 19.9. The lowest BCUT2D eigenvalue weighted by molar-refractivity contribution is -0.134. The predicted octanol–water partition coefficient (Wildman–Crippen LogP) is 2.17. The SMILES string of the molecule is C1CCOCC1.C1CCOCC1.CC(=O)O.CN(C)C=O. The van der Waals surface area contributed by atoms with Crippen LogP contribution >= 0.6 is 0 Å². The second-order valence-corrected chi connectivity index (χ2v) is 4.93. The topological polar surface area (TPSA) is 76.1 Å². The molecule has 2 aliphatic rings. The lowest BCUT2D eigenvalue weighted by atomic mass is 10.2. The Morgan fingerprint density at radius 1 is 0.905 bits per heavy atom. The Morgan fingerprint density at radius 2 is 1.14 bits per heavy atom. The molecule has 6 nitrogen and oxygen atoms in total. The summed E-state index contributed by atoms with van der Waals surface area (Å²) in [6.07, 6.45) is 8.61. The minimum Gasteiger partial charge on any atom is -0.481 e. The highest BCUT2D eigenvalue weighted by molar-refractivity contribution is 5.62. The van der Waals surface area contributed by atoms with E-state index in [0.717, 1.165) is 39.8 Å². The molecule has 21 heavy (non-hydrogen) atoms. The van der Waals surface area contributed by atoms with E-state index in [0.29, 0.717) is 0 Å². The molecule has 0 spiro atoms. The monoisotopic (exact) mass is 305 g/mol. The van der Waals surface area contributed by atoms with E-state index in [1.807, 2.05) is 0 Å². The summed E-state index contributed by atoms with van der Waals surface area (Å²) < 4.78 is 10.1. The summed E-state index contributed by atoms with van der Waals surface area (Å²) >= 11 is 0. The molecule has 0 unspecified atom stereocenters. The first-order chi connectivity index (χ1) is 10.0. The van der Waals surface area contributed by atoms with Crippen LogP contribution in [-0.4, -0.2) is 62.9 Å². The summed E-state index contributed by atoms with van der Waals surface area (Å²) in [5, 5.41) is 7.42. The molecule has 0 aromatic heterocycles. The highest BCUT2D eigenvalue weighted by Gasteiger charge is 1.95. The molecule has 1 amide bonds. The molecule has 2 heterocycles. The number of nitrogens with zero attached hydrogens (tertiary/aromatic N) is 1. The fraction of sp³-hybridized carbons (Fsp3) is 0.867. The molecule has 0 aromatic carbocycles. The van der Waals surface area contributed by atoms with Crippen LogP contribution in [0.25, 0.3) is 0 Å². The maximum atomic E-state index is 9.43. The standard InChI is InChI=1S/2C5H10O.C3H7NO.C2H4O2/c2*1-2-4-6-5-3-1;1-4(2)3-5;1-2(3)4/h2*1-5H2;3H,1-2H3;1H3,(H,3,4). The summed E-state index contributed by atoms with van der Waals surface area (Å²) in [6, 6.07) is 0. The summed E-state index contributed by atoms with van der Waals surface area (Å²) in [5.74, 6) is -0.833. The maximum Gasteiger partial charge on any atom is 0.300 e. The van der Waals surface area contributed by atoms with Gasteiger partial charge in [0.25, 0.3) is 5.97 Å². The molecule has 2 saturated heterocycles. The van der Waals surface area contributed by atoms with E-state index in [1.165, 1.54) is 43.4 Å². The molecule has 2 fully saturated rings. The van der Waals surface area contributed by atoms with Crippen LogP contribution in [-0.2, 0) is 19.1 Å². The van der Waals surface area contributed by atoms with Crippen LogP contribution in [0.2, 0.25) is 0 Å². The third-order valence-corrected chi connectivity index (χ3v) is 2.37. The van der Waals surface area contributed by atoms with Crippen molar-refractivity contribution in [2.24, 2.45) is 0 Å². The Balaban J connectivity index is 0. The zero-order valence-corrected chi connectivity index (χ0v) is 13.7.